The normalized spacial score (nSPS) is 14.5. The maximum absolute atomic E-state index is 9.54. The molecule has 1 rings (SSSR count). The van der Waals surface area contributed by atoms with Crippen LogP contribution >= 0.6 is 11.6 Å². The number of rotatable bonds is 6. The third-order valence-corrected chi connectivity index (χ3v) is 3.18. The van der Waals surface area contributed by atoms with Crippen LogP contribution in [0.2, 0.25) is 5.02 Å². The number of hydrogen-bond acceptors (Lipinski definition) is 2. The number of aliphatic hydroxyl groups is 1. The van der Waals surface area contributed by atoms with Crippen LogP contribution in [-0.2, 0) is 0 Å². The van der Waals surface area contributed by atoms with Gasteiger partial charge in [0.15, 0.2) is 0 Å². The molecule has 0 amide bonds. The van der Waals surface area contributed by atoms with Crippen LogP contribution in [0.4, 0.5) is 5.69 Å². The first kappa shape index (κ1) is 13.3. The highest BCUT2D eigenvalue weighted by molar-refractivity contribution is 6.30. The molecule has 1 unspecified atom stereocenters. The molecular weight excluding hydrogens is 222 g/mol. The molecule has 1 aromatic rings. The summed E-state index contributed by atoms with van der Waals surface area (Å²) < 4.78 is 0. The molecule has 0 aliphatic carbocycles. The van der Waals surface area contributed by atoms with Gasteiger partial charge < -0.3 is 10.4 Å². The fourth-order valence-electron chi connectivity index (χ4n) is 1.91. The van der Waals surface area contributed by atoms with Gasteiger partial charge in [-0.25, -0.2) is 0 Å². The van der Waals surface area contributed by atoms with Gasteiger partial charge in [-0.05, 0) is 31.0 Å². The van der Waals surface area contributed by atoms with Crippen molar-refractivity contribution in [1.29, 1.82) is 0 Å². The lowest BCUT2D eigenvalue weighted by Gasteiger charge is -2.33. The van der Waals surface area contributed by atoms with Crippen molar-refractivity contribution in [2.24, 2.45) is 0 Å². The fraction of sp³-hybridized carbons (Fsp3) is 0.538. The first-order chi connectivity index (χ1) is 7.65. The van der Waals surface area contributed by atoms with Gasteiger partial charge >= 0.3 is 0 Å². The van der Waals surface area contributed by atoms with Crippen molar-refractivity contribution in [2.75, 3.05) is 11.9 Å². The van der Waals surface area contributed by atoms with Crippen molar-refractivity contribution in [1.82, 2.24) is 0 Å². The molecule has 0 saturated carbocycles. The lowest BCUT2D eigenvalue weighted by atomic mass is 9.91. The van der Waals surface area contributed by atoms with Gasteiger partial charge in [0, 0.05) is 10.7 Å². The van der Waals surface area contributed by atoms with Crippen LogP contribution in [0.5, 0.6) is 0 Å². The predicted molar refractivity (Wildman–Crippen MR) is 70.1 cm³/mol. The lowest BCUT2D eigenvalue weighted by molar-refractivity contribution is 0.197. The van der Waals surface area contributed by atoms with Crippen molar-refractivity contribution < 1.29 is 5.11 Å². The Bertz CT molecular complexity index is 323. The number of hydrogen-bond donors (Lipinski definition) is 2. The van der Waals surface area contributed by atoms with E-state index in [2.05, 4.69) is 19.2 Å². The van der Waals surface area contributed by atoms with Crippen molar-refractivity contribution in [3.63, 3.8) is 0 Å². The first-order valence-electron chi connectivity index (χ1n) is 5.80. The topological polar surface area (TPSA) is 32.3 Å². The Morgan fingerprint density at radius 2 is 2.12 bits per heavy atom. The molecule has 0 saturated heterocycles. The molecule has 16 heavy (non-hydrogen) atoms. The molecule has 0 aromatic heterocycles. The zero-order chi connectivity index (χ0) is 12.0. The van der Waals surface area contributed by atoms with Gasteiger partial charge in [-0.2, -0.15) is 0 Å². The van der Waals surface area contributed by atoms with Crippen LogP contribution in [-0.4, -0.2) is 17.3 Å². The van der Waals surface area contributed by atoms with Crippen molar-refractivity contribution >= 4 is 17.3 Å². The van der Waals surface area contributed by atoms with E-state index in [0.717, 1.165) is 24.9 Å². The minimum absolute atomic E-state index is 0.143. The Morgan fingerprint density at radius 3 is 2.62 bits per heavy atom. The Balaban J connectivity index is 2.82. The zero-order valence-electron chi connectivity index (χ0n) is 9.96. The minimum Gasteiger partial charge on any atom is -0.394 e. The highest BCUT2D eigenvalue weighted by Gasteiger charge is 2.25. The number of aliphatic hydroxyl groups excluding tert-OH is 1. The molecule has 1 atom stereocenters. The van der Waals surface area contributed by atoms with E-state index in [-0.39, 0.29) is 12.1 Å². The Hall–Kier alpha value is -0.730. The summed E-state index contributed by atoms with van der Waals surface area (Å²) in [6.45, 7) is 4.35. The van der Waals surface area contributed by atoms with Crippen LogP contribution in [0, 0.1) is 0 Å². The Morgan fingerprint density at radius 1 is 1.38 bits per heavy atom. The molecule has 0 aliphatic heterocycles. The van der Waals surface area contributed by atoms with Gasteiger partial charge in [-0.15, -0.1) is 0 Å². The molecule has 2 N–H and O–H groups in total. The van der Waals surface area contributed by atoms with E-state index >= 15 is 0 Å². The SMILES string of the molecule is CCCC(CC)(CO)Nc1cccc(Cl)c1. The van der Waals surface area contributed by atoms with Gasteiger partial charge in [-0.3, -0.25) is 0 Å². The van der Waals surface area contributed by atoms with Gasteiger partial charge in [0.1, 0.15) is 0 Å². The summed E-state index contributed by atoms with van der Waals surface area (Å²) in [6.07, 6.45) is 2.89. The van der Waals surface area contributed by atoms with Crippen molar-refractivity contribution in [3.8, 4) is 0 Å². The van der Waals surface area contributed by atoms with Crippen LogP contribution in [0.15, 0.2) is 24.3 Å². The Labute approximate surface area is 103 Å². The average Bonchev–Trinajstić information content (AvgIpc) is 2.28. The third kappa shape index (κ3) is 3.39. The molecule has 0 bridgehead atoms. The van der Waals surface area contributed by atoms with E-state index in [0.29, 0.717) is 5.02 Å². The standard InChI is InChI=1S/C13H20ClNO/c1-3-8-13(4-2,10-16)15-12-7-5-6-11(14)9-12/h5-7,9,15-16H,3-4,8,10H2,1-2H3. The predicted octanol–water partition coefficient (Wildman–Crippen LogP) is 3.69. The summed E-state index contributed by atoms with van der Waals surface area (Å²) in [6, 6.07) is 7.62. The molecule has 0 aliphatic rings. The molecule has 2 nitrogen and oxygen atoms in total. The number of halogens is 1. The quantitative estimate of drug-likeness (QED) is 0.796. The second kappa shape index (κ2) is 6.12. The summed E-state index contributed by atoms with van der Waals surface area (Å²) in [4.78, 5) is 0. The van der Waals surface area contributed by atoms with Gasteiger partial charge in [0.05, 0.1) is 12.1 Å². The minimum atomic E-state index is -0.223. The first-order valence-corrected chi connectivity index (χ1v) is 6.18. The summed E-state index contributed by atoms with van der Waals surface area (Å²) >= 11 is 5.93. The van der Waals surface area contributed by atoms with Gasteiger partial charge in [0.2, 0.25) is 0 Å². The highest BCUT2D eigenvalue weighted by Crippen LogP contribution is 2.25. The third-order valence-electron chi connectivity index (χ3n) is 2.94. The van der Waals surface area contributed by atoms with Gasteiger partial charge in [0.25, 0.3) is 0 Å². The molecular formula is C13H20ClNO. The maximum atomic E-state index is 9.54. The Kier molecular flexibility index (Phi) is 5.10. The molecule has 0 heterocycles. The second-order valence-electron chi connectivity index (χ2n) is 4.18. The van der Waals surface area contributed by atoms with Crippen LogP contribution < -0.4 is 5.32 Å². The summed E-state index contributed by atoms with van der Waals surface area (Å²) in [5.41, 5.74) is 0.747. The largest absolute Gasteiger partial charge is 0.394 e. The van der Waals surface area contributed by atoms with Crippen molar-refractivity contribution in [3.05, 3.63) is 29.3 Å². The molecule has 0 fully saturated rings. The van der Waals surface area contributed by atoms with Crippen LogP contribution in [0.3, 0.4) is 0 Å². The van der Waals surface area contributed by atoms with Crippen LogP contribution in [0.25, 0.3) is 0 Å². The van der Waals surface area contributed by atoms with E-state index in [1.54, 1.807) is 0 Å². The maximum Gasteiger partial charge on any atom is 0.0661 e. The second-order valence-corrected chi connectivity index (χ2v) is 4.61. The summed E-state index contributed by atoms with van der Waals surface area (Å²) in [5, 5.41) is 13.7. The van der Waals surface area contributed by atoms with Crippen molar-refractivity contribution in [2.45, 2.75) is 38.6 Å². The zero-order valence-corrected chi connectivity index (χ0v) is 10.7. The molecule has 0 spiro atoms. The summed E-state index contributed by atoms with van der Waals surface area (Å²) in [7, 11) is 0. The van der Waals surface area contributed by atoms with E-state index < -0.39 is 0 Å². The molecule has 1 aromatic carbocycles. The highest BCUT2D eigenvalue weighted by atomic mass is 35.5. The van der Waals surface area contributed by atoms with Crippen LogP contribution in [0.1, 0.15) is 33.1 Å². The monoisotopic (exact) mass is 241 g/mol. The fourth-order valence-corrected chi connectivity index (χ4v) is 2.10. The number of benzene rings is 1. The van der Waals surface area contributed by atoms with E-state index in [1.807, 2.05) is 24.3 Å². The van der Waals surface area contributed by atoms with E-state index in [4.69, 9.17) is 11.6 Å². The molecule has 0 radical (unpaired) electrons. The average molecular weight is 242 g/mol. The lowest BCUT2D eigenvalue weighted by Crippen LogP contribution is -2.41. The number of nitrogens with one attached hydrogen (secondary N) is 1. The molecule has 90 valence electrons. The smallest absolute Gasteiger partial charge is 0.0661 e. The van der Waals surface area contributed by atoms with E-state index in [9.17, 15) is 5.11 Å². The van der Waals surface area contributed by atoms with Gasteiger partial charge in [-0.1, -0.05) is 37.9 Å². The summed E-state index contributed by atoms with van der Waals surface area (Å²) in [5.74, 6) is 0. The number of anilines is 1. The van der Waals surface area contributed by atoms with E-state index in [1.165, 1.54) is 0 Å². The molecule has 3 heteroatoms.